The first-order chi connectivity index (χ1) is 13.9. The molecule has 0 heterocycles. The molecule has 0 saturated heterocycles. The van der Waals surface area contributed by atoms with Crippen molar-refractivity contribution in [2.75, 3.05) is 39.6 Å². The summed E-state index contributed by atoms with van der Waals surface area (Å²) in [6.45, 7) is 15.4. The first kappa shape index (κ1) is 31.1. The molecule has 29 heavy (non-hydrogen) atoms. The topological polar surface area (TPSA) is 72.5 Å². The highest BCUT2D eigenvalue weighted by Gasteiger charge is 2.31. The Morgan fingerprint density at radius 2 is 1.10 bits per heavy atom. The minimum atomic E-state index is -1.73. The van der Waals surface area contributed by atoms with Crippen molar-refractivity contribution in [2.45, 2.75) is 86.0 Å². The van der Waals surface area contributed by atoms with Gasteiger partial charge in [-0.2, -0.15) is 0 Å². The molecule has 0 bridgehead atoms. The molecule has 7 nitrogen and oxygen atoms in total. The summed E-state index contributed by atoms with van der Waals surface area (Å²) in [5.74, 6) is -0.869. The van der Waals surface area contributed by atoms with Gasteiger partial charge in [0.2, 0.25) is 0 Å². The first-order valence-electron chi connectivity index (χ1n) is 11.2. The minimum Gasteiger partial charge on any atom is -0.376 e. The molecule has 0 radical (unpaired) electrons. The predicted octanol–water partition coefficient (Wildman–Crippen LogP) is 2.80. The lowest BCUT2D eigenvalue weighted by Crippen LogP contribution is -2.39. The molecule has 0 amide bonds. The fourth-order valence-electron chi connectivity index (χ4n) is 2.62. The molecular formula is C20H46O7Si2. The van der Waals surface area contributed by atoms with E-state index in [0.717, 1.165) is 38.5 Å². The Bertz CT molecular complexity index is 328. The van der Waals surface area contributed by atoms with Crippen LogP contribution >= 0.6 is 0 Å². The van der Waals surface area contributed by atoms with Crippen molar-refractivity contribution in [2.24, 2.45) is 0 Å². The van der Waals surface area contributed by atoms with Gasteiger partial charge in [0, 0.05) is 52.5 Å². The number of carbonyl (C=O) groups excluding carboxylic acids is 1. The van der Waals surface area contributed by atoms with E-state index >= 15 is 0 Å². The highest BCUT2D eigenvalue weighted by atomic mass is 28.3. The van der Waals surface area contributed by atoms with E-state index < -0.39 is 15.5 Å². The van der Waals surface area contributed by atoms with Crippen LogP contribution in [0.5, 0.6) is 0 Å². The summed E-state index contributed by atoms with van der Waals surface area (Å²) in [5.41, 5.74) is 0. The van der Waals surface area contributed by atoms with Gasteiger partial charge in [0.05, 0.1) is 10.2 Å². The molecule has 0 aromatic heterocycles. The molecule has 0 fully saturated rings. The number of unbranched alkanes of at least 4 members (excludes halogenated alkanes) is 3. The highest BCUT2D eigenvalue weighted by Crippen LogP contribution is 2.24. The molecule has 9 heteroatoms. The Labute approximate surface area is 183 Å². The maximum absolute atomic E-state index is 10.9. The van der Waals surface area contributed by atoms with Crippen LogP contribution < -0.4 is 0 Å². The summed E-state index contributed by atoms with van der Waals surface area (Å²) < 4.78 is 32.6. The Morgan fingerprint density at radius 3 is 1.45 bits per heavy atom. The third kappa shape index (κ3) is 19.6. The smallest absolute Gasteiger partial charge is 0.376 e. The van der Waals surface area contributed by atoms with Gasteiger partial charge in [0.1, 0.15) is 5.41 Å². The Balaban J connectivity index is 0. The zero-order chi connectivity index (χ0) is 22.4. The molecule has 0 aromatic rings. The Hall–Kier alpha value is -0.136. The number of ether oxygens (including phenoxy) is 3. The van der Waals surface area contributed by atoms with Gasteiger partial charge in [-0.25, -0.2) is 0 Å². The van der Waals surface area contributed by atoms with Crippen LogP contribution in [0.2, 0.25) is 0 Å². The average Bonchev–Trinajstić information content (AvgIpc) is 2.66. The fraction of sp³-hybridized carbons (Fsp3) is 0.950. The van der Waals surface area contributed by atoms with E-state index in [4.69, 9.17) is 27.5 Å². The molecule has 0 atom stereocenters. The van der Waals surface area contributed by atoms with Crippen LogP contribution in [0.3, 0.4) is 0 Å². The van der Waals surface area contributed by atoms with E-state index in [1.807, 2.05) is 41.5 Å². The third-order valence-electron chi connectivity index (χ3n) is 3.76. The maximum atomic E-state index is 10.9. The Morgan fingerprint density at radius 1 is 0.690 bits per heavy atom. The van der Waals surface area contributed by atoms with Crippen LogP contribution in [0.25, 0.3) is 0 Å². The maximum Gasteiger partial charge on any atom is 0.484 e. The second-order valence-corrected chi connectivity index (χ2v) is 8.95. The van der Waals surface area contributed by atoms with Crippen LogP contribution in [-0.2, 0) is 32.3 Å². The number of rotatable bonds is 19. The zero-order valence-corrected chi connectivity index (χ0v) is 23.1. The van der Waals surface area contributed by atoms with E-state index in [0.29, 0.717) is 55.3 Å². The van der Waals surface area contributed by atoms with Gasteiger partial charge in [-0.15, -0.1) is 0 Å². The first-order valence-corrected chi connectivity index (χ1v) is 13.6. The summed E-state index contributed by atoms with van der Waals surface area (Å²) in [6.07, 6.45) is 5.68. The quantitative estimate of drug-likeness (QED) is 0.169. The van der Waals surface area contributed by atoms with Gasteiger partial charge >= 0.3 is 9.53 Å². The third-order valence-corrected chi connectivity index (χ3v) is 6.08. The lowest BCUT2D eigenvalue weighted by Gasteiger charge is -2.32. The molecule has 0 aliphatic heterocycles. The monoisotopic (exact) mass is 454 g/mol. The van der Waals surface area contributed by atoms with Crippen molar-refractivity contribution in [3.05, 3.63) is 0 Å². The number of hydrogen-bond acceptors (Lipinski definition) is 7. The lowest BCUT2D eigenvalue weighted by molar-refractivity contribution is -0.380. The second-order valence-electron chi connectivity index (χ2n) is 6.25. The van der Waals surface area contributed by atoms with Crippen molar-refractivity contribution in [1.82, 2.24) is 0 Å². The van der Waals surface area contributed by atoms with Crippen LogP contribution in [0, 0.1) is 0 Å². The predicted molar refractivity (Wildman–Crippen MR) is 122 cm³/mol. The Kier molecular flexibility index (Phi) is 24.1. The van der Waals surface area contributed by atoms with Gasteiger partial charge in [0.15, 0.2) is 0 Å². The molecule has 0 rings (SSSR count). The molecule has 0 aliphatic carbocycles. The summed E-state index contributed by atoms with van der Waals surface area (Å²) in [7, 11) is -1.05. The SMILES string of the molecule is CCOC(CCCCCCC(=O)[SiH3])(OCC)OCC.CCO[SiH](OCC)OCC. The van der Waals surface area contributed by atoms with E-state index in [9.17, 15) is 4.79 Å². The molecular weight excluding hydrogens is 408 g/mol. The van der Waals surface area contributed by atoms with Crippen molar-refractivity contribution in [3.63, 3.8) is 0 Å². The molecule has 0 unspecified atom stereocenters. The largest absolute Gasteiger partial charge is 0.484 e. The summed E-state index contributed by atoms with van der Waals surface area (Å²) in [4.78, 5) is 10.9. The van der Waals surface area contributed by atoms with Crippen LogP contribution in [0.15, 0.2) is 0 Å². The normalized spacial score (nSPS) is 11.6. The molecule has 176 valence electrons. The van der Waals surface area contributed by atoms with Gasteiger partial charge in [-0.05, 0) is 54.4 Å². The van der Waals surface area contributed by atoms with E-state index in [1.165, 1.54) is 0 Å². The average molecular weight is 455 g/mol. The number of carbonyl (C=O) groups is 1. The highest BCUT2D eigenvalue weighted by molar-refractivity contribution is 6.57. The van der Waals surface area contributed by atoms with Crippen molar-refractivity contribution >= 4 is 25.2 Å². The van der Waals surface area contributed by atoms with E-state index in [-0.39, 0.29) is 0 Å². The second kappa shape index (κ2) is 22.5. The molecule has 0 N–H and O–H groups in total. The number of hydrogen-bond donors (Lipinski definition) is 0. The van der Waals surface area contributed by atoms with Crippen molar-refractivity contribution in [1.29, 1.82) is 0 Å². The van der Waals surface area contributed by atoms with Gasteiger partial charge < -0.3 is 32.3 Å². The van der Waals surface area contributed by atoms with E-state index in [1.54, 1.807) is 0 Å². The lowest BCUT2D eigenvalue weighted by atomic mass is 10.1. The molecule has 0 saturated carbocycles. The summed E-state index contributed by atoms with van der Waals surface area (Å²) in [6, 6.07) is 0. The van der Waals surface area contributed by atoms with E-state index in [2.05, 4.69) is 0 Å². The fourth-order valence-corrected chi connectivity index (χ4v) is 4.08. The van der Waals surface area contributed by atoms with Gasteiger partial charge in [-0.1, -0.05) is 12.8 Å². The van der Waals surface area contributed by atoms with Crippen LogP contribution in [-0.4, -0.2) is 70.8 Å². The van der Waals surface area contributed by atoms with Crippen molar-refractivity contribution < 1.29 is 32.3 Å². The van der Waals surface area contributed by atoms with Gasteiger partial charge in [-0.3, -0.25) is 0 Å². The van der Waals surface area contributed by atoms with Gasteiger partial charge in [0.25, 0.3) is 5.97 Å². The van der Waals surface area contributed by atoms with Crippen molar-refractivity contribution in [3.8, 4) is 0 Å². The molecule has 0 spiro atoms. The molecule has 0 aromatic carbocycles. The summed E-state index contributed by atoms with van der Waals surface area (Å²) >= 11 is 0. The van der Waals surface area contributed by atoms with Crippen LogP contribution in [0.1, 0.15) is 80.1 Å². The van der Waals surface area contributed by atoms with Crippen LogP contribution in [0.4, 0.5) is 0 Å². The molecule has 0 aliphatic rings. The minimum absolute atomic E-state index is 0.410. The zero-order valence-electron chi connectivity index (χ0n) is 19.9. The standard InChI is InChI=1S/C14H30O4Si.C6H16O3Si/c1-4-16-14(17-5-2,18-6-3)12-10-8-7-9-11-13(15)19;1-4-7-10(8-5-2)9-6-3/h4-12H2,1-3,19H3;10H,4-6H2,1-3H3. The summed E-state index contributed by atoms with van der Waals surface area (Å²) in [5, 5.41) is 0.410.